The third-order valence-electron chi connectivity index (χ3n) is 5.71. The Labute approximate surface area is 149 Å². The second-order valence-electron chi connectivity index (χ2n) is 7.07. The minimum atomic E-state index is -0.204. The highest BCUT2D eigenvalue weighted by Gasteiger charge is 2.55. The fourth-order valence-corrected chi connectivity index (χ4v) is 4.67. The molecule has 0 unspecified atom stereocenters. The number of halogens is 1. The molecule has 0 amide bonds. The lowest BCUT2D eigenvalue weighted by Crippen LogP contribution is -2.50. The average Bonchev–Trinajstić information content (AvgIpc) is 3.10. The Kier molecular flexibility index (Phi) is 5.21. The molecular formula is C19H27ClN2O2. The number of benzene rings is 1. The zero-order valence-electron chi connectivity index (χ0n) is 14.5. The van der Waals surface area contributed by atoms with Gasteiger partial charge in [-0.3, -0.25) is 0 Å². The summed E-state index contributed by atoms with van der Waals surface area (Å²) in [4.78, 5) is 2.37. The molecule has 4 atom stereocenters. The summed E-state index contributed by atoms with van der Waals surface area (Å²) >= 11 is 6.41. The molecule has 0 radical (unpaired) electrons. The van der Waals surface area contributed by atoms with Crippen LogP contribution in [0.5, 0.6) is 5.75 Å². The number of hydrogen-bond acceptors (Lipinski definition) is 4. The average molecular weight is 351 g/mol. The van der Waals surface area contributed by atoms with Gasteiger partial charge in [0.15, 0.2) is 0 Å². The Morgan fingerprint density at radius 2 is 2.29 bits per heavy atom. The highest BCUT2D eigenvalue weighted by atomic mass is 35.5. The molecule has 2 saturated heterocycles. The van der Waals surface area contributed by atoms with Crippen LogP contribution in [-0.2, 0) is 0 Å². The predicted octanol–water partition coefficient (Wildman–Crippen LogP) is 2.87. The van der Waals surface area contributed by atoms with Crippen molar-refractivity contribution < 1.29 is 9.84 Å². The molecule has 2 N–H and O–H groups in total. The molecule has 4 nitrogen and oxygen atoms in total. The van der Waals surface area contributed by atoms with E-state index in [0.717, 1.165) is 19.5 Å². The number of aliphatic hydroxyl groups is 1. The molecule has 1 aromatic rings. The molecule has 5 heteroatoms. The molecule has 2 aliphatic heterocycles. The van der Waals surface area contributed by atoms with Crippen molar-refractivity contribution in [1.29, 1.82) is 0 Å². The SMILES string of the molecule is C=CCOc1ccc([C@H]2N[C@@](CC)(CO)[C@H]3CN(C)C[C@@H]23)cc1Cl. The van der Waals surface area contributed by atoms with E-state index in [9.17, 15) is 5.11 Å². The van der Waals surface area contributed by atoms with Crippen LogP contribution in [0.15, 0.2) is 30.9 Å². The third-order valence-corrected chi connectivity index (χ3v) is 6.01. The highest BCUT2D eigenvalue weighted by molar-refractivity contribution is 6.32. The molecule has 24 heavy (non-hydrogen) atoms. The lowest BCUT2D eigenvalue weighted by Gasteiger charge is -2.33. The van der Waals surface area contributed by atoms with E-state index in [0.29, 0.717) is 29.2 Å². The first-order valence-corrected chi connectivity index (χ1v) is 9.02. The summed E-state index contributed by atoms with van der Waals surface area (Å²) in [5, 5.41) is 14.4. The Hall–Kier alpha value is -1.07. The van der Waals surface area contributed by atoms with E-state index in [2.05, 4.69) is 36.8 Å². The number of nitrogens with zero attached hydrogens (tertiary/aromatic N) is 1. The smallest absolute Gasteiger partial charge is 0.138 e. The van der Waals surface area contributed by atoms with Gasteiger partial charge in [0.1, 0.15) is 12.4 Å². The van der Waals surface area contributed by atoms with E-state index < -0.39 is 0 Å². The molecule has 0 saturated carbocycles. The van der Waals surface area contributed by atoms with Crippen LogP contribution >= 0.6 is 11.6 Å². The maximum absolute atomic E-state index is 10.1. The maximum atomic E-state index is 10.1. The quantitative estimate of drug-likeness (QED) is 0.774. The molecule has 132 valence electrons. The maximum Gasteiger partial charge on any atom is 0.138 e. The predicted molar refractivity (Wildman–Crippen MR) is 97.6 cm³/mol. The van der Waals surface area contributed by atoms with Crippen molar-refractivity contribution in [2.75, 3.05) is 33.4 Å². The summed E-state index contributed by atoms with van der Waals surface area (Å²) in [6.45, 7) is 8.49. The van der Waals surface area contributed by atoms with Crippen LogP contribution in [0.3, 0.4) is 0 Å². The first-order valence-electron chi connectivity index (χ1n) is 8.65. The van der Waals surface area contributed by atoms with E-state index >= 15 is 0 Å². The first kappa shape index (κ1) is 17.7. The second kappa shape index (κ2) is 7.04. The summed E-state index contributed by atoms with van der Waals surface area (Å²) in [6.07, 6.45) is 2.63. The standard InChI is InChI=1S/C19H27ClN2O2/c1-4-8-24-17-7-6-13(9-16(17)20)18-14-10-22(3)11-15(14)19(5-2,12-23)21-18/h4,6-7,9,14-15,18,21,23H,1,5,8,10-12H2,2-3H3/t14-,15+,18-,19+/m1/s1. The van der Waals surface area contributed by atoms with Crippen molar-refractivity contribution in [3.8, 4) is 5.75 Å². The summed E-state index contributed by atoms with van der Waals surface area (Å²) in [5.41, 5.74) is 0.963. The normalized spacial score (nSPS) is 32.8. The lowest BCUT2D eigenvalue weighted by molar-refractivity contribution is 0.126. The zero-order valence-corrected chi connectivity index (χ0v) is 15.2. The molecule has 2 aliphatic rings. The molecule has 1 aromatic carbocycles. The number of rotatable bonds is 6. The Bertz CT molecular complexity index is 603. The van der Waals surface area contributed by atoms with Crippen molar-refractivity contribution in [3.63, 3.8) is 0 Å². The molecular weight excluding hydrogens is 324 g/mol. The number of hydrogen-bond donors (Lipinski definition) is 2. The van der Waals surface area contributed by atoms with Gasteiger partial charge in [-0.05, 0) is 43.0 Å². The van der Waals surface area contributed by atoms with E-state index in [1.807, 2.05) is 12.1 Å². The van der Waals surface area contributed by atoms with E-state index in [1.54, 1.807) is 6.08 Å². The molecule has 0 aromatic heterocycles. The van der Waals surface area contributed by atoms with Crippen LogP contribution in [0.25, 0.3) is 0 Å². The van der Waals surface area contributed by atoms with Crippen LogP contribution in [-0.4, -0.2) is 48.9 Å². The second-order valence-corrected chi connectivity index (χ2v) is 7.48. The van der Waals surface area contributed by atoms with Gasteiger partial charge in [-0.1, -0.05) is 37.2 Å². The monoisotopic (exact) mass is 350 g/mol. The van der Waals surface area contributed by atoms with Gasteiger partial charge in [-0.25, -0.2) is 0 Å². The number of likely N-dealkylation sites (tertiary alicyclic amines) is 1. The van der Waals surface area contributed by atoms with Crippen LogP contribution in [0.1, 0.15) is 24.9 Å². The van der Waals surface area contributed by atoms with Gasteiger partial charge >= 0.3 is 0 Å². The lowest BCUT2D eigenvalue weighted by atomic mass is 9.79. The van der Waals surface area contributed by atoms with Crippen LogP contribution < -0.4 is 10.1 Å². The summed E-state index contributed by atoms with van der Waals surface area (Å²) in [6, 6.07) is 6.22. The van der Waals surface area contributed by atoms with Gasteiger partial charge in [0.05, 0.1) is 11.6 Å². The fraction of sp³-hybridized carbons (Fsp3) is 0.579. The Balaban J connectivity index is 1.88. The van der Waals surface area contributed by atoms with Gasteiger partial charge in [0.25, 0.3) is 0 Å². The summed E-state index contributed by atoms with van der Waals surface area (Å²) in [7, 11) is 2.16. The summed E-state index contributed by atoms with van der Waals surface area (Å²) in [5.74, 6) is 1.62. The van der Waals surface area contributed by atoms with Crippen LogP contribution in [0, 0.1) is 11.8 Å². The molecule has 0 spiro atoms. The molecule has 0 aliphatic carbocycles. The molecule has 2 heterocycles. The van der Waals surface area contributed by atoms with E-state index in [-0.39, 0.29) is 18.2 Å². The zero-order chi connectivity index (χ0) is 17.3. The third kappa shape index (κ3) is 2.97. The number of fused-ring (bicyclic) bond motifs is 1. The van der Waals surface area contributed by atoms with E-state index in [4.69, 9.17) is 16.3 Å². The summed E-state index contributed by atoms with van der Waals surface area (Å²) < 4.78 is 5.57. The van der Waals surface area contributed by atoms with Crippen molar-refractivity contribution in [2.45, 2.75) is 24.9 Å². The Morgan fingerprint density at radius 1 is 1.50 bits per heavy atom. The van der Waals surface area contributed by atoms with Crippen molar-refractivity contribution >= 4 is 11.6 Å². The fourth-order valence-electron chi connectivity index (χ4n) is 4.42. The number of nitrogens with one attached hydrogen (secondary N) is 1. The Morgan fingerprint density at radius 3 is 2.92 bits per heavy atom. The minimum Gasteiger partial charge on any atom is -0.488 e. The number of ether oxygens (including phenoxy) is 1. The van der Waals surface area contributed by atoms with Crippen LogP contribution in [0.2, 0.25) is 5.02 Å². The first-order chi connectivity index (χ1) is 11.5. The molecule has 3 rings (SSSR count). The number of aliphatic hydroxyl groups excluding tert-OH is 1. The van der Waals surface area contributed by atoms with Crippen molar-refractivity contribution in [3.05, 3.63) is 41.4 Å². The highest BCUT2D eigenvalue weighted by Crippen LogP contribution is 2.48. The van der Waals surface area contributed by atoms with Crippen molar-refractivity contribution in [1.82, 2.24) is 10.2 Å². The topological polar surface area (TPSA) is 44.7 Å². The largest absolute Gasteiger partial charge is 0.488 e. The minimum absolute atomic E-state index is 0.170. The van der Waals surface area contributed by atoms with Gasteiger partial charge in [0, 0.05) is 24.7 Å². The molecule has 2 fully saturated rings. The van der Waals surface area contributed by atoms with Gasteiger partial charge < -0.3 is 20.1 Å². The van der Waals surface area contributed by atoms with E-state index in [1.165, 1.54) is 5.56 Å². The van der Waals surface area contributed by atoms with Gasteiger partial charge in [0.2, 0.25) is 0 Å². The van der Waals surface area contributed by atoms with Crippen molar-refractivity contribution in [2.24, 2.45) is 11.8 Å². The molecule has 0 bridgehead atoms. The van der Waals surface area contributed by atoms with Crippen LogP contribution in [0.4, 0.5) is 0 Å². The van der Waals surface area contributed by atoms with Gasteiger partial charge in [-0.2, -0.15) is 0 Å². The van der Waals surface area contributed by atoms with Gasteiger partial charge in [-0.15, -0.1) is 0 Å².